The van der Waals surface area contributed by atoms with E-state index < -0.39 is 15.7 Å². The highest BCUT2D eigenvalue weighted by Gasteiger charge is 2.42. The van der Waals surface area contributed by atoms with Crippen LogP contribution in [-0.2, 0) is 19.0 Å². The van der Waals surface area contributed by atoms with Gasteiger partial charge in [-0.25, -0.2) is 4.79 Å². The predicted octanol–water partition coefficient (Wildman–Crippen LogP) is 1.69. The van der Waals surface area contributed by atoms with Gasteiger partial charge < -0.3 is 14.5 Å². The van der Waals surface area contributed by atoms with Gasteiger partial charge >= 0.3 is 6.09 Å². The van der Waals surface area contributed by atoms with Crippen LogP contribution in [0.3, 0.4) is 0 Å². The fourth-order valence-electron chi connectivity index (χ4n) is 3.39. The highest BCUT2D eigenvalue weighted by molar-refractivity contribution is 7.85. The van der Waals surface area contributed by atoms with Gasteiger partial charge in [0.25, 0.3) is 10.1 Å². The molecule has 2 rings (SSSR count). The number of amides is 1. The minimum absolute atomic E-state index is 0.186. The number of rotatable bonds is 4. The second-order valence-corrected chi connectivity index (χ2v) is 9.66. The first-order chi connectivity index (χ1) is 11.0. The monoisotopic (exact) mass is 362 g/mol. The molecule has 24 heavy (non-hydrogen) atoms. The van der Waals surface area contributed by atoms with Gasteiger partial charge in [0.2, 0.25) is 0 Å². The van der Waals surface area contributed by atoms with Crippen LogP contribution in [0, 0.1) is 5.41 Å². The molecule has 0 bridgehead atoms. The quantitative estimate of drug-likeness (QED) is 0.708. The van der Waals surface area contributed by atoms with Gasteiger partial charge in [0.05, 0.1) is 12.9 Å². The molecule has 0 aromatic rings. The molecule has 2 saturated heterocycles. The number of hydrogen-bond donors (Lipinski definition) is 0. The predicted molar refractivity (Wildman–Crippen MR) is 91.3 cm³/mol. The summed E-state index contributed by atoms with van der Waals surface area (Å²) in [4.78, 5) is 16.3. The summed E-state index contributed by atoms with van der Waals surface area (Å²) in [7, 11) is -3.36. The van der Waals surface area contributed by atoms with Crippen LogP contribution in [0.1, 0.15) is 40.0 Å². The van der Waals surface area contributed by atoms with E-state index in [1.807, 2.05) is 25.7 Å². The molecule has 0 radical (unpaired) electrons. The van der Waals surface area contributed by atoms with Crippen LogP contribution in [-0.4, -0.2) is 75.5 Å². The highest BCUT2D eigenvalue weighted by Crippen LogP contribution is 2.40. The Labute approximate surface area is 145 Å². The molecule has 0 atom stereocenters. The molecule has 140 valence electrons. The first kappa shape index (κ1) is 19.5. The molecule has 2 aliphatic heterocycles. The largest absolute Gasteiger partial charge is 0.444 e. The summed E-state index contributed by atoms with van der Waals surface area (Å²) in [5.41, 5.74) is -0.277. The molecule has 1 amide bonds. The molecule has 0 aromatic carbocycles. The van der Waals surface area contributed by atoms with E-state index in [2.05, 4.69) is 4.90 Å². The molecule has 0 aromatic heterocycles. The fraction of sp³-hybridized carbons (Fsp3) is 0.938. The van der Waals surface area contributed by atoms with Gasteiger partial charge in [0, 0.05) is 19.6 Å². The van der Waals surface area contributed by atoms with Crippen LogP contribution in [0.15, 0.2) is 0 Å². The number of carbonyl (C=O) groups excluding carboxylic acids is 1. The van der Waals surface area contributed by atoms with Gasteiger partial charge in [-0.2, -0.15) is 8.42 Å². The summed E-state index contributed by atoms with van der Waals surface area (Å²) in [6, 6.07) is 0. The first-order valence-electron chi connectivity index (χ1n) is 8.53. The normalized spacial score (nSPS) is 22.1. The van der Waals surface area contributed by atoms with Gasteiger partial charge in [-0.1, -0.05) is 0 Å². The summed E-state index contributed by atoms with van der Waals surface area (Å²) in [5, 5.41) is 0. The van der Waals surface area contributed by atoms with Crippen molar-refractivity contribution in [3.63, 3.8) is 0 Å². The van der Waals surface area contributed by atoms with Crippen LogP contribution in [0.2, 0.25) is 0 Å². The van der Waals surface area contributed by atoms with Crippen molar-refractivity contribution in [3.8, 4) is 0 Å². The van der Waals surface area contributed by atoms with Crippen molar-refractivity contribution in [2.45, 2.75) is 45.6 Å². The lowest BCUT2D eigenvalue weighted by molar-refractivity contribution is 0.0245. The van der Waals surface area contributed by atoms with Crippen LogP contribution in [0.25, 0.3) is 0 Å². The maximum absolute atomic E-state index is 12.2. The van der Waals surface area contributed by atoms with E-state index in [0.29, 0.717) is 6.54 Å². The van der Waals surface area contributed by atoms with E-state index in [-0.39, 0.29) is 18.1 Å². The molecule has 2 heterocycles. The number of likely N-dealkylation sites (tertiary alicyclic amines) is 2. The number of ether oxygens (including phenoxy) is 1. The number of nitrogens with zero attached hydrogens (tertiary/aromatic N) is 2. The van der Waals surface area contributed by atoms with E-state index in [1.54, 1.807) is 0 Å². The third kappa shape index (κ3) is 5.89. The summed E-state index contributed by atoms with van der Waals surface area (Å²) >= 11 is 0. The Kier molecular flexibility index (Phi) is 5.82. The van der Waals surface area contributed by atoms with E-state index in [9.17, 15) is 13.2 Å². The molecule has 1 spiro atoms. The summed E-state index contributed by atoms with van der Waals surface area (Å²) in [6.45, 7) is 9.82. The lowest BCUT2D eigenvalue weighted by Crippen LogP contribution is -2.44. The molecular formula is C16H30N2O5S. The van der Waals surface area contributed by atoms with Crippen LogP contribution >= 0.6 is 0 Å². The molecule has 0 saturated carbocycles. The lowest BCUT2D eigenvalue weighted by Gasteiger charge is -2.39. The second kappa shape index (κ2) is 7.17. The lowest BCUT2D eigenvalue weighted by atomic mass is 9.78. The van der Waals surface area contributed by atoms with Crippen molar-refractivity contribution < 1.29 is 22.1 Å². The minimum Gasteiger partial charge on any atom is -0.444 e. The van der Waals surface area contributed by atoms with Crippen molar-refractivity contribution in [1.29, 1.82) is 0 Å². The van der Waals surface area contributed by atoms with E-state index in [1.165, 1.54) is 0 Å². The Hall–Kier alpha value is -0.860. The number of hydrogen-bond acceptors (Lipinski definition) is 6. The van der Waals surface area contributed by atoms with E-state index in [0.717, 1.165) is 51.7 Å². The van der Waals surface area contributed by atoms with Gasteiger partial charge in [-0.05, 0) is 58.5 Å². The zero-order valence-corrected chi connectivity index (χ0v) is 16.0. The van der Waals surface area contributed by atoms with Crippen molar-refractivity contribution in [3.05, 3.63) is 0 Å². The third-order valence-electron chi connectivity index (χ3n) is 4.71. The highest BCUT2D eigenvalue weighted by atomic mass is 32.2. The smallest absolute Gasteiger partial charge is 0.410 e. The number of carbonyl (C=O) groups is 1. The fourth-order valence-corrected chi connectivity index (χ4v) is 3.77. The Bertz CT molecular complexity index is 547. The topological polar surface area (TPSA) is 76.2 Å². The van der Waals surface area contributed by atoms with E-state index >= 15 is 0 Å². The molecule has 0 N–H and O–H groups in total. The number of piperidine rings is 1. The first-order valence-corrected chi connectivity index (χ1v) is 10.3. The standard InChI is InChI=1S/C16H30N2O5S/c1-15(2,3)23-14(19)18-10-7-16(13-18)5-8-17(9-6-16)11-12-22-24(4,20)21/h5-13H2,1-4H3. The van der Waals surface area contributed by atoms with Crippen molar-refractivity contribution in [2.75, 3.05) is 45.6 Å². The summed E-state index contributed by atoms with van der Waals surface area (Å²) in [6.07, 6.45) is 3.90. The van der Waals surface area contributed by atoms with Gasteiger partial charge in [0.15, 0.2) is 0 Å². The Balaban J connectivity index is 1.77. The summed E-state index contributed by atoms with van der Waals surface area (Å²) in [5.74, 6) is 0. The van der Waals surface area contributed by atoms with Crippen molar-refractivity contribution in [2.24, 2.45) is 5.41 Å². The maximum Gasteiger partial charge on any atom is 0.410 e. The second-order valence-electron chi connectivity index (χ2n) is 8.02. The van der Waals surface area contributed by atoms with Gasteiger partial charge in [0.1, 0.15) is 5.60 Å². The zero-order valence-electron chi connectivity index (χ0n) is 15.2. The Morgan fingerprint density at radius 1 is 1.12 bits per heavy atom. The minimum atomic E-state index is -3.36. The van der Waals surface area contributed by atoms with Crippen molar-refractivity contribution >= 4 is 16.2 Å². The van der Waals surface area contributed by atoms with Gasteiger partial charge in [-0.15, -0.1) is 0 Å². The Morgan fingerprint density at radius 2 is 1.71 bits per heavy atom. The molecule has 0 aliphatic carbocycles. The SMILES string of the molecule is CC(C)(C)OC(=O)N1CCC2(CCN(CCOS(C)(=O)=O)CC2)C1. The molecular weight excluding hydrogens is 332 g/mol. The third-order valence-corrected chi connectivity index (χ3v) is 5.31. The van der Waals surface area contributed by atoms with E-state index in [4.69, 9.17) is 8.92 Å². The van der Waals surface area contributed by atoms with Crippen LogP contribution < -0.4 is 0 Å². The summed E-state index contributed by atoms with van der Waals surface area (Å²) < 4.78 is 32.2. The molecule has 2 aliphatic rings. The molecule has 2 fully saturated rings. The zero-order chi connectivity index (χ0) is 18.0. The van der Waals surface area contributed by atoms with Crippen LogP contribution in [0.4, 0.5) is 4.79 Å². The van der Waals surface area contributed by atoms with Crippen LogP contribution in [0.5, 0.6) is 0 Å². The molecule has 0 unspecified atom stereocenters. The maximum atomic E-state index is 12.2. The van der Waals surface area contributed by atoms with Gasteiger partial charge in [-0.3, -0.25) is 4.18 Å². The molecule has 8 heteroatoms. The average Bonchev–Trinajstić information content (AvgIpc) is 2.82. The Morgan fingerprint density at radius 3 is 2.25 bits per heavy atom. The molecule has 7 nitrogen and oxygen atoms in total. The average molecular weight is 362 g/mol. The van der Waals surface area contributed by atoms with Crippen molar-refractivity contribution in [1.82, 2.24) is 9.80 Å².